The number of halogens is 1. The standard InChI is InChI=1S/C13H18BrNO3/c1-17-12-6-10(14)9(11(16)7-15)5-13(12)18-8-3-2-4-8/h5-6,8,11,16H,2-4,7,15H2,1H3. The monoisotopic (exact) mass is 315 g/mol. The van der Waals surface area contributed by atoms with Crippen LogP contribution in [0.5, 0.6) is 11.5 Å². The van der Waals surface area contributed by atoms with E-state index in [1.54, 1.807) is 13.2 Å². The molecule has 0 radical (unpaired) electrons. The Kier molecular flexibility index (Phi) is 4.48. The zero-order valence-electron chi connectivity index (χ0n) is 10.4. The zero-order valence-corrected chi connectivity index (χ0v) is 11.9. The van der Waals surface area contributed by atoms with Gasteiger partial charge in [-0.3, -0.25) is 0 Å². The summed E-state index contributed by atoms with van der Waals surface area (Å²) in [4.78, 5) is 0. The van der Waals surface area contributed by atoms with Crippen molar-refractivity contribution in [3.63, 3.8) is 0 Å². The summed E-state index contributed by atoms with van der Waals surface area (Å²) in [5, 5.41) is 9.85. The summed E-state index contributed by atoms with van der Waals surface area (Å²) in [6.45, 7) is 0.174. The minimum Gasteiger partial charge on any atom is -0.493 e. The average Bonchev–Trinajstić information content (AvgIpc) is 2.33. The molecule has 4 nitrogen and oxygen atoms in total. The Morgan fingerprint density at radius 2 is 2.17 bits per heavy atom. The van der Waals surface area contributed by atoms with Crippen molar-refractivity contribution in [1.29, 1.82) is 0 Å². The van der Waals surface area contributed by atoms with Crippen LogP contribution < -0.4 is 15.2 Å². The first kappa shape index (κ1) is 13.6. The highest BCUT2D eigenvalue weighted by atomic mass is 79.9. The molecule has 0 bridgehead atoms. The predicted octanol–water partition coefficient (Wildman–Crippen LogP) is 2.38. The Labute approximate surface area is 115 Å². The summed E-state index contributed by atoms with van der Waals surface area (Å²) in [6.07, 6.45) is 2.93. The van der Waals surface area contributed by atoms with Gasteiger partial charge in [0.2, 0.25) is 0 Å². The van der Waals surface area contributed by atoms with E-state index in [9.17, 15) is 5.11 Å². The van der Waals surface area contributed by atoms with Crippen LogP contribution in [-0.4, -0.2) is 24.9 Å². The molecule has 1 saturated carbocycles. The number of nitrogens with two attached hydrogens (primary N) is 1. The molecule has 5 heteroatoms. The number of rotatable bonds is 5. The second kappa shape index (κ2) is 5.91. The zero-order chi connectivity index (χ0) is 13.1. The van der Waals surface area contributed by atoms with Crippen LogP contribution in [0.3, 0.4) is 0 Å². The lowest BCUT2D eigenvalue weighted by Crippen LogP contribution is -2.25. The first-order chi connectivity index (χ1) is 8.65. The van der Waals surface area contributed by atoms with Gasteiger partial charge in [0.25, 0.3) is 0 Å². The van der Waals surface area contributed by atoms with Crippen molar-refractivity contribution in [2.45, 2.75) is 31.5 Å². The maximum Gasteiger partial charge on any atom is 0.162 e. The molecule has 1 aliphatic carbocycles. The van der Waals surface area contributed by atoms with E-state index < -0.39 is 6.10 Å². The highest BCUT2D eigenvalue weighted by Gasteiger charge is 2.22. The highest BCUT2D eigenvalue weighted by Crippen LogP contribution is 2.38. The van der Waals surface area contributed by atoms with Crippen LogP contribution in [0.15, 0.2) is 16.6 Å². The summed E-state index contributed by atoms with van der Waals surface area (Å²) in [6, 6.07) is 3.61. The van der Waals surface area contributed by atoms with Crippen LogP contribution in [-0.2, 0) is 0 Å². The molecule has 0 saturated heterocycles. The van der Waals surface area contributed by atoms with Crippen LogP contribution >= 0.6 is 15.9 Å². The number of hydrogen-bond donors (Lipinski definition) is 2. The Bertz CT molecular complexity index is 421. The van der Waals surface area contributed by atoms with E-state index >= 15 is 0 Å². The van der Waals surface area contributed by atoms with Gasteiger partial charge in [-0.1, -0.05) is 15.9 Å². The molecule has 100 valence electrons. The van der Waals surface area contributed by atoms with Crippen LogP contribution in [0.4, 0.5) is 0 Å². The maximum absolute atomic E-state index is 9.85. The third-order valence-corrected chi connectivity index (χ3v) is 3.90. The van der Waals surface area contributed by atoms with E-state index in [1.807, 2.05) is 6.07 Å². The van der Waals surface area contributed by atoms with Gasteiger partial charge in [0.05, 0.1) is 19.3 Å². The normalized spacial score (nSPS) is 17.1. The quantitative estimate of drug-likeness (QED) is 0.875. The van der Waals surface area contributed by atoms with Gasteiger partial charge in [-0.05, 0) is 37.0 Å². The fraction of sp³-hybridized carbons (Fsp3) is 0.538. The van der Waals surface area contributed by atoms with Crippen molar-refractivity contribution in [3.05, 3.63) is 22.2 Å². The fourth-order valence-electron chi connectivity index (χ4n) is 1.85. The van der Waals surface area contributed by atoms with Crippen LogP contribution in [0.1, 0.15) is 30.9 Å². The second-order valence-corrected chi connectivity index (χ2v) is 5.30. The Morgan fingerprint density at radius 3 is 2.67 bits per heavy atom. The molecule has 0 aliphatic heterocycles. The summed E-state index contributed by atoms with van der Waals surface area (Å²) >= 11 is 3.41. The lowest BCUT2D eigenvalue weighted by atomic mass is 9.96. The molecule has 0 heterocycles. The summed E-state index contributed by atoms with van der Waals surface area (Å²) in [7, 11) is 1.61. The third-order valence-electron chi connectivity index (χ3n) is 3.21. The lowest BCUT2D eigenvalue weighted by molar-refractivity contribution is 0.115. The van der Waals surface area contributed by atoms with Crippen molar-refractivity contribution >= 4 is 15.9 Å². The number of aliphatic hydroxyl groups is 1. The molecule has 1 fully saturated rings. The largest absolute Gasteiger partial charge is 0.493 e. The number of methoxy groups -OCH3 is 1. The molecule has 1 aromatic rings. The Hall–Kier alpha value is -0.780. The van der Waals surface area contributed by atoms with E-state index in [-0.39, 0.29) is 12.6 Å². The fourth-order valence-corrected chi connectivity index (χ4v) is 2.44. The molecule has 2 rings (SSSR count). The Balaban J connectivity index is 2.29. The van der Waals surface area contributed by atoms with Gasteiger partial charge >= 0.3 is 0 Å². The second-order valence-electron chi connectivity index (χ2n) is 4.45. The maximum atomic E-state index is 9.85. The number of benzene rings is 1. The average molecular weight is 316 g/mol. The molecule has 18 heavy (non-hydrogen) atoms. The summed E-state index contributed by atoms with van der Waals surface area (Å²) in [5.41, 5.74) is 6.22. The molecule has 1 aliphatic rings. The third kappa shape index (κ3) is 2.79. The summed E-state index contributed by atoms with van der Waals surface area (Å²) < 4.78 is 11.9. The first-order valence-corrected chi connectivity index (χ1v) is 6.87. The van der Waals surface area contributed by atoms with Gasteiger partial charge in [0.15, 0.2) is 11.5 Å². The van der Waals surface area contributed by atoms with Gasteiger partial charge in [0.1, 0.15) is 0 Å². The number of aliphatic hydroxyl groups excluding tert-OH is 1. The molecule has 1 atom stereocenters. The molecule has 1 unspecified atom stereocenters. The van der Waals surface area contributed by atoms with Crippen molar-refractivity contribution in [3.8, 4) is 11.5 Å². The van der Waals surface area contributed by atoms with E-state index in [0.29, 0.717) is 11.5 Å². The topological polar surface area (TPSA) is 64.7 Å². The minimum absolute atomic E-state index is 0.174. The van der Waals surface area contributed by atoms with Gasteiger partial charge < -0.3 is 20.3 Å². The van der Waals surface area contributed by atoms with Gasteiger partial charge in [-0.2, -0.15) is 0 Å². The molecule has 1 aromatic carbocycles. The molecular formula is C13H18BrNO3. The van der Waals surface area contributed by atoms with Crippen molar-refractivity contribution in [2.24, 2.45) is 5.73 Å². The molecule has 3 N–H and O–H groups in total. The van der Waals surface area contributed by atoms with Gasteiger partial charge in [-0.15, -0.1) is 0 Å². The van der Waals surface area contributed by atoms with E-state index in [1.165, 1.54) is 6.42 Å². The predicted molar refractivity (Wildman–Crippen MR) is 73.0 cm³/mol. The number of ether oxygens (including phenoxy) is 2. The highest BCUT2D eigenvalue weighted by molar-refractivity contribution is 9.10. The summed E-state index contributed by atoms with van der Waals surface area (Å²) in [5.74, 6) is 1.34. The van der Waals surface area contributed by atoms with Crippen LogP contribution in [0.2, 0.25) is 0 Å². The van der Waals surface area contributed by atoms with Crippen molar-refractivity contribution in [2.75, 3.05) is 13.7 Å². The molecule has 0 spiro atoms. The lowest BCUT2D eigenvalue weighted by Gasteiger charge is -2.27. The molecule has 0 aromatic heterocycles. The SMILES string of the molecule is COc1cc(Br)c(C(O)CN)cc1OC1CCC1. The van der Waals surface area contributed by atoms with Crippen molar-refractivity contribution < 1.29 is 14.6 Å². The Morgan fingerprint density at radius 1 is 1.44 bits per heavy atom. The van der Waals surface area contributed by atoms with E-state index in [4.69, 9.17) is 15.2 Å². The molecular weight excluding hydrogens is 298 g/mol. The van der Waals surface area contributed by atoms with Crippen LogP contribution in [0, 0.1) is 0 Å². The van der Waals surface area contributed by atoms with Crippen LogP contribution in [0.25, 0.3) is 0 Å². The van der Waals surface area contributed by atoms with Gasteiger partial charge in [-0.25, -0.2) is 0 Å². The smallest absolute Gasteiger partial charge is 0.162 e. The van der Waals surface area contributed by atoms with Crippen molar-refractivity contribution in [1.82, 2.24) is 0 Å². The van der Waals surface area contributed by atoms with Gasteiger partial charge in [0, 0.05) is 11.0 Å². The first-order valence-electron chi connectivity index (χ1n) is 6.08. The van der Waals surface area contributed by atoms with E-state index in [0.717, 1.165) is 22.9 Å². The minimum atomic E-state index is -0.700. The molecule has 0 amide bonds. The van der Waals surface area contributed by atoms with E-state index in [2.05, 4.69) is 15.9 Å². The number of hydrogen-bond acceptors (Lipinski definition) is 4.